The quantitative estimate of drug-likeness (QED) is 0.372. The fourth-order valence-electron chi connectivity index (χ4n) is 4.75. The lowest BCUT2D eigenvalue weighted by atomic mass is 9.96. The highest BCUT2D eigenvalue weighted by molar-refractivity contribution is 7.07. The molecule has 3 aromatic rings. The number of hydrogen-bond donors (Lipinski definition) is 0. The molecular formula is C28H25N3O5S. The lowest BCUT2D eigenvalue weighted by molar-refractivity contribution is -0.139. The van der Waals surface area contributed by atoms with Gasteiger partial charge in [-0.1, -0.05) is 47.7 Å². The summed E-state index contributed by atoms with van der Waals surface area (Å²) in [4.78, 5) is 47.3. The molecule has 0 bridgehead atoms. The molecule has 1 atom stereocenters. The van der Waals surface area contributed by atoms with Crippen molar-refractivity contribution in [1.82, 2.24) is 4.57 Å². The zero-order valence-electron chi connectivity index (χ0n) is 20.7. The van der Waals surface area contributed by atoms with Crippen LogP contribution in [0.4, 0.5) is 5.69 Å². The zero-order valence-corrected chi connectivity index (χ0v) is 21.5. The highest BCUT2D eigenvalue weighted by Crippen LogP contribution is 2.35. The molecule has 9 heteroatoms. The number of rotatable bonds is 6. The van der Waals surface area contributed by atoms with Crippen molar-refractivity contribution >= 4 is 34.5 Å². The van der Waals surface area contributed by atoms with E-state index in [0.29, 0.717) is 39.5 Å². The summed E-state index contributed by atoms with van der Waals surface area (Å²) in [6, 6.07) is 13.8. The van der Waals surface area contributed by atoms with Gasteiger partial charge in [-0.15, -0.1) is 6.58 Å². The number of thiazole rings is 1. The summed E-state index contributed by atoms with van der Waals surface area (Å²) in [5.74, 6) is -0.164. The number of methoxy groups -OCH3 is 1. The molecule has 37 heavy (non-hydrogen) atoms. The third kappa shape index (κ3) is 3.92. The van der Waals surface area contributed by atoms with Crippen LogP contribution in [0.1, 0.15) is 31.0 Å². The Morgan fingerprint density at radius 2 is 1.89 bits per heavy atom. The summed E-state index contributed by atoms with van der Waals surface area (Å²) in [7, 11) is 1.57. The summed E-state index contributed by atoms with van der Waals surface area (Å²) in [6.07, 6.45) is 1.65. The van der Waals surface area contributed by atoms with Gasteiger partial charge < -0.3 is 14.4 Å². The predicted molar refractivity (Wildman–Crippen MR) is 141 cm³/mol. The van der Waals surface area contributed by atoms with Crippen LogP contribution in [0, 0.1) is 0 Å². The van der Waals surface area contributed by atoms with Crippen LogP contribution in [0.15, 0.2) is 82.2 Å². The first kappa shape index (κ1) is 24.5. The van der Waals surface area contributed by atoms with Crippen LogP contribution in [-0.2, 0) is 14.3 Å². The summed E-state index contributed by atoms with van der Waals surface area (Å²) in [5, 5.41) is 0. The van der Waals surface area contributed by atoms with Gasteiger partial charge in [-0.2, -0.15) is 0 Å². The van der Waals surface area contributed by atoms with Crippen molar-refractivity contribution in [2.24, 2.45) is 4.99 Å². The van der Waals surface area contributed by atoms with Crippen molar-refractivity contribution in [1.29, 1.82) is 0 Å². The van der Waals surface area contributed by atoms with Gasteiger partial charge in [0.1, 0.15) is 10.3 Å². The minimum atomic E-state index is -0.772. The van der Waals surface area contributed by atoms with E-state index in [1.807, 2.05) is 36.4 Å². The van der Waals surface area contributed by atoms with E-state index in [2.05, 4.69) is 11.6 Å². The first-order valence-corrected chi connectivity index (χ1v) is 12.6. The Morgan fingerprint density at radius 1 is 1.16 bits per heavy atom. The van der Waals surface area contributed by atoms with Crippen LogP contribution < -0.4 is 24.5 Å². The first-order chi connectivity index (χ1) is 17.9. The number of hydrogen-bond acceptors (Lipinski definition) is 7. The second kappa shape index (κ2) is 9.67. The lowest BCUT2D eigenvalue weighted by Gasteiger charge is -2.24. The topological polar surface area (TPSA) is 90.2 Å². The van der Waals surface area contributed by atoms with E-state index in [-0.39, 0.29) is 22.6 Å². The fourth-order valence-corrected chi connectivity index (χ4v) is 5.89. The van der Waals surface area contributed by atoms with E-state index in [9.17, 15) is 14.4 Å². The van der Waals surface area contributed by atoms with Crippen molar-refractivity contribution < 1.29 is 19.1 Å². The molecule has 8 nitrogen and oxygen atoms in total. The smallest absolute Gasteiger partial charge is 0.338 e. The van der Waals surface area contributed by atoms with Gasteiger partial charge in [-0.05, 0) is 37.6 Å². The van der Waals surface area contributed by atoms with E-state index in [1.54, 1.807) is 44.1 Å². The van der Waals surface area contributed by atoms with Crippen molar-refractivity contribution in [3.8, 4) is 5.75 Å². The number of carbonyl (C=O) groups is 2. The monoisotopic (exact) mass is 515 g/mol. The van der Waals surface area contributed by atoms with Crippen molar-refractivity contribution in [2.45, 2.75) is 19.9 Å². The third-order valence-electron chi connectivity index (χ3n) is 6.39. The SMILES string of the molecule is C=CCN1C(=O)/C(=c2/sc3n(c2=O)[C@H](c2ccc(OC)cc2)C(C(=O)OCC)=C(C)N=3)c2ccccc21. The molecular weight excluding hydrogens is 490 g/mol. The number of fused-ring (bicyclic) bond motifs is 2. The van der Waals surface area contributed by atoms with Crippen LogP contribution in [0.3, 0.4) is 0 Å². The summed E-state index contributed by atoms with van der Waals surface area (Å²) in [5.41, 5.74) is 2.78. The molecule has 3 heterocycles. The molecule has 0 N–H and O–H groups in total. The molecule has 0 radical (unpaired) electrons. The van der Waals surface area contributed by atoms with Gasteiger partial charge in [0, 0.05) is 12.1 Å². The number of ether oxygens (including phenoxy) is 2. The molecule has 0 aliphatic carbocycles. The summed E-state index contributed by atoms with van der Waals surface area (Å²) < 4.78 is 12.4. The number of allylic oxidation sites excluding steroid dienone is 1. The van der Waals surface area contributed by atoms with Crippen LogP contribution in [0.2, 0.25) is 0 Å². The van der Waals surface area contributed by atoms with Crippen LogP contribution in [0.25, 0.3) is 5.57 Å². The van der Waals surface area contributed by atoms with Crippen molar-refractivity contribution in [2.75, 3.05) is 25.2 Å². The number of anilines is 1. The molecule has 0 unspecified atom stereocenters. The van der Waals surface area contributed by atoms with E-state index in [4.69, 9.17) is 9.47 Å². The number of carbonyl (C=O) groups excluding carboxylic acids is 2. The van der Waals surface area contributed by atoms with Crippen LogP contribution >= 0.6 is 11.3 Å². The lowest BCUT2D eigenvalue weighted by Crippen LogP contribution is -2.41. The van der Waals surface area contributed by atoms with E-state index in [1.165, 1.54) is 4.57 Å². The maximum Gasteiger partial charge on any atom is 0.338 e. The third-order valence-corrected chi connectivity index (χ3v) is 7.44. The highest BCUT2D eigenvalue weighted by atomic mass is 32.1. The first-order valence-electron chi connectivity index (χ1n) is 11.8. The number of esters is 1. The second-order valence-corrected chi connectivity index (χ2v) is 9.47. The van der Waals surface area contributed by atoms with Gasteiger partial charge in [0.15, 0.2) is 4.80 Å². The molecule has 1 aromatic heterocycles. The minimum Gasteiger partial charge on any atom is -0.497 e. The molecule has 0 saturated heterocycles. The van der Waals surface area contributed by atoms with Gasteiger partial charge in [-0.25, -0.2) is 9.79 Å². The van der Waals surface area contributed by atoms with Gasteiger partial charge in [0.25, 0.3) is 11.5 Å². The number of amides is 1. The molecule has 188 valence electrons. The molecule has 2 aliphatic heterocycles. The second-order valence-electron chi connectivity index (χ2n) is 8.49. The largest absolute Gasteiger partial charge is 0.497 e. The molecule has 5 rings (SSSR count). The fraction of sp³-hybridized carbons (Fsp3) is 0.214. The molecule has 0 spiro atoms. The summed E-state index contributed by atoms with van der Waals surface area (Å²) in [6.45, 7) is 7.72. The Balaban J connectivity index is 1.80. The number of para-hydroxylation sites is 1. The number of aromatic nitrogens is 1. The molecule has 2 aliphatic rings. The molecule has 0 saturated carbocycles. The van der Waals surface area contributed by atoms with E-state index in [0.717, 1.165) is 17.0 Å². The van der Waals surface area contributed by atoms with Crippen LogP contribution in [0.5, 0.6) is 5.75 Å². The maximum atomic E-state index is 14.1. The number of benzene rings is 2. The van der Waals surface area contributed by atoms with Gasteiger partial charge in [0.2, 0.25) is 0 Å². The number of nitrogens with zero attached hydrogens (tertiary/aromatic N) is 3. The predicted octanol–water partition coefficient (Wildman–Crippen LogP) is 2.71. The molecule has 0 fully saturated rings. The highest BCUT2D eigenvalue weighted by Gasteiger charge is 2.37. The Kier molecular flexibility index (Phi) is 6.39. The average molecular weight is 516 g/mol. The van der Waals surface area contributed by atoms with Gasteiger partial charge >= 0.3 is 5.97 Å². The normalized spacial score (nSPS) is 17.8. The van der Waals surface area contributed by atoms with Crippen molar-refractivity contribution in [3.05, 3.63) is 103 Å². The standard InChI is InChI=1S/C28H25N3O5S/c1-5-15-30-20-10-8-7-9-19(20)22(25(30)32)24-26(33)31-23(17-11-13-18(35-4)14-12-17)21(27(34)36-6-2)16(3)29-28(31)37-24/h5,7-14,23H,1,6,15H2,2-4H3/b24-22+/t23-/m1/s1. The minimum absolute atomic E-state index is 0.184. The van der Waals surface area contributed by atoms with E-state index < -0.39 is 17.6 Å². The Bertz CT molecular complexity index is 1650. The van der Waals surface area contributed by atoms with E-state index >= 15 is 0 Å². The Hall–Kier alpha value is -4.24. The summed E-state index contributed by atoms with van der Waals surface area (Å²) >= 11 is 1.15. The Morgan fingerprint density at radius 3 is 2.57 bits per heavy atom. The maximum absolute atomic E-state index is 14.1. The van der Waals surface area contributed by atoms with Crippen molar-refractivity contribution in [3.63, 3.8) is 0 Å². The van der Waals surface area contributed by atoms with Gasteiger partial charge in [-0.3, -0.25) is 14.2 Å². The molecule has 2 aromatic carbocycles. The average Bonchev–Trinajstić information content (AvgIpc) is 3.36. The molecule has 1 amide bonds. The zero-order chi connectivity index (χ0) is 26.3. The van der Waals surface area contributed by atoms with Crippen LogP contribution in [-0.4, -0.2) is 36.7 Å². The van der Waals surface area contributed by atoms with Gasteiger partial charge in [0.05, 0.1) is 42.3 Å². The Labute approximate surface area is 217 Å².